The third-order valence-corrected chi connectivity index (χ3v) is 3.80. The maximum atomic E-state index is 6.18. The van der Waals surface area contributed by atoms with Crippen LogP contribution >= 0.6 is 27.5 Å². The fourth-order valence-corrected chi connectivity index (χ4v) is 2.53. The fourth-order valence-electron chi connectivity index (χ4n) is 2.03. The maximum absolute atomic E-state index is 6.18. The Morgan fingerprint density at radius 3 is 2.60 bits per heavy atom. The van der Waals surface area contributed by atoms with Crippen LogP contribution in [0.3, 0.4) is 0 Å². The smallest absolute Gasteiger partial charge is 0.140 e. The third kappa shape index (κ3) is 3.75. The van der Waals surface area contributed by atoms with Crippen molar-refractivity contribution in [2.45, 2.75) is 26.0 Å². The minimum Gasteiger partial charge on any atom is -0.483 e. The van der Waals surface area contributed by atoms with E-state index in [1.807, 2.05) is 44.2 Å². The Hall–Kier alpha value is -1.03. The average Bonchev–Trinajstić information content (AvgIpc) is 2.39. The molecular weight excluding hydrogens is 338 g/mol. The van der Waals surface area contributed by atoms with Crippen molar-refractivity contribution in [1.29, 1.82) is 0 Å². The van der Waals surface area contributed by atoms with Crippen LogP contribution in [0.5, 0.6) is 5.75 Å². The molecule has 2 rings (SSSR count). The molecule has 0 radical (unpaired) electrons. The van der Waals surface area contributed by atoms with Gasteiger partial charge in [-0.3, -0.25) is 0 Å². The highest BCUT2D eigenvalue weighted by Gasteiger charge is 2.19. The van der Waals surface area contributed by atoms with Crippen molar-refractivity contribution in [3.63, 3.8) is 0 Å². The number of hydrogen-bond donors (Lipinski definition) is 1. The summed E-state index contributed by atoms with van der Waals surface area (Å²) in [5.41, 5.74) is 8.30. The SMILES string of the molecule is Cc1cccc(C(Oc2cc(Br)ccc2Cl)C(C)N)c1. The summed E-state index contributed by atoms with van der Waals surface area (Å²) in [6.07, 6.45) is -0.235. The maximum Gasteiger partial charge on any atom is 0.140 e. The Labute approximate surface area is 133 Å². The van der Waals surface area contributed by atoms with E-state index < -0.39 is 0 Å². The zero-order valence-electron chi connectivity index (χ0n) is 11.4. The molecular formula is C16H17BrClNO. The first-order valence-corrected chi connectivity index (χ1v) is 7.58. The Balaban J connectivity index is 2.33. The van der Waals surface area contributed by atoms with E-state index in [9.17, 15) is 0 Å². The number of hydrogen-bond acceptors (Lipinski definition) is 2. The summed E-state index contributed by atoms with van der Waals surface area (Å²) in [5.74, 6) is 0.629. The van der Waals surface area contributed by atoms with Crippen molar-refractivity contribution >= 4 is 27.5 Å². The van der Waals surface area contributed by atoms with E-state index in [4.69, 9.17) is 22.1 Å². The van der Waals surface area contributed by atoms with Crippen molar-refractivity contribution in [3.8, 4) is 5.75 Å². The van der Waals surface area contributed by atoms with Crippen molar-refractivity contribution < 1.29 is 4.74 Å². The molecule has 0 aromatic heterocycles. The summed E-state index contributed by atoms with van der Waals surface area (Å²) in [7, 11) is 0. The second-order valence-corrected chi connectivity index (χ2v) is 6.21. The molecule has 0 aliphatic carbocycles. The van der Waals surface area contributed by atoms with Crippen molar-refractivity contribution in [2.24, 2.45) is 5.73 Å². The minimum absolute atomic E-state index is 0.146. The van der Waals surface area contributed by atoms with Crippen LogP contribution in [0.2, 0.25) is 5.02 Å². The van der Waals surface area contributed by atoms with E-state index in [1.54, 1.807) is 6.07 Å². The van der Waals surface area contributed by atoms with E-state index in [0.29, 0.717) is 10.8 Å². The Morgan fingerprint density at radius 1 is 1.20 bits per heavy atom. The normalized spacial score (nSPS) is 13.8. The molecule has 2 aromatic carbocycles. The highest BCUT2D eigenvalue weighted by atomic mass is 79.9. The standard InChI is InChI=1S/C16H17BrClNO/c1-10-4-3-5-12(8-10)16(11(2)19)20-15-9-13(17)6-7-14(15)18/h3-9,11,16H,19H2,1-2H3. The van der Waals surface area contributed by atoms with Crippen LogP contribution in [0.15, 0.2) is 46.9 Å². The summed E-state index contributed by atoms with van der Waals surface area (Å²) >= 11 is 9.60. The summed E-state index contributed by atoms with van der Waals surface area (Å²) in [6.45, 7) is 3.98. The first kappa shape index (κ1) is 15.4. The second kappa shape index (κ2) is 6.61. The van der Waals surface area contributed by atoms with Gasteiger partial charge in [0, 0.05) is 10.5 Å². The highest BCUT2D eigenvalue weighted by Crippen LogP contribution is 2.32. The molecule has 2 nitrogen and oxygen atoms in total. The molecule has 2 atom stereocenters. The topological polar surface area (TPSA) is 35.2 Å². The van der Waals surface area contributed by atoms with Gasteiger partial charge in [0.05, 0.1) is 5.02 Å². The van der Waals surface area contributed by atoms with Crippen LogP contribution in [0.1, 0.15) is 24.2 Å². The van der Waals surface area contributed by atoms with Gasteiger partial charge in [-0.05, 0) is 37.6 Å². The van der Waals surface area contributed by atoms with E-state index in [1.165, 1.54) is 5.56 Å². The third-order valence-electron chi connectivity index (χ3n) is 3.00. The van der Waals surface area contributed by atoms with Gasteiger partial charge in [-0.2, -0.15) is 0 Å². The van der Waals surface area contributed by atoms with Crippen LogP contribution < -0.4 is 10.5 Å². The molecule has 2 aromatic rings. The lowest BCUT2D eigenvalue weighted by molar-refractivity contribution is 0.180. The summed E-state index contributed by atoms with van der Waals surface area (Å²) in [4.78, 5) is 0. The molecule has 20 heavy (non-hydrogen) atoms. The van der Waals surface area contributed by atoms with Crippen LogP contribution in [-0.2, 0) is 0 Å². The molecule has 0 spiro atoms. The Kier molecular flexibility index (Phi) is 5.08. The van der Waals surface area contributed by atoms with E-state index in [0.717, 1.165) is 10.0 Å². The largest absolute Gasteiger partial charge is 0.483 e. The Bertz CT molecular complexity index is 601. The van der Waals surface area contributed by atoms with Gasteiger partial charge in [-0.15, -0.1) is 0 Å². The number of ether oxygens (including phenoxy) is 1. The van der Waals surface area contributed by atoms with Crippen molar-refractivity contribution in [3.05, 3.63) is 63.1 Å². The molecule has 0 saturated heterocycles. The summed E-state index contributed by atoms with van der Waals surface area (Å²) in [5, 5.41) is 0.575. The molecule has 0 heterocycles. The molecule has 2 N–H and O–H groups in total. The van der Waals surface area contributed by atoms with Gasteiger partial charge in [0.1, 0.15) is 11.9 Å². The number of halogens is 2. The van der Waals surface area contributed by atoms with E-state index in [-0.39, 0.29) is 12.1 Å². The number of nitrogens with two attached hydrogens (primary N) is 1. The van der Waals surface area contributed by atoms with Gasteiger partial charge < -0.3 is 10.5 Å². The quantitative estimate of drug-likeness (QED) is 0.849. The monoisotopic (exact) mass is 353 g/mol. The molecule has 0 saturated carbocycles. The molecule has 2 unspecified atom stereocenters. The molecule has 0 aliphatic heterocycles. The molecule has 0 aliphatic rings. The summed E-state index contributed by atoms with van der Waals surface area (Å²) < 4.78 is 6.96. The lowest BCUT2D eigenvalue weighted by atomic mass is 10.0. The minimum atomic E-state index is -0.235. The molecule has 0 fully saturated rings. The van der Waals surface area contributed by atoms with E-state index in [2.05, 4.69) is 22.0 Å². The second-order valence-electron chi connectivity index (χ2n) is 4.89. The van der Waals surface area contributed by atoms with Crippen molar-refractivity contribution in [2.75, 3.05) is 0 Å². The highest BCUT2D eigenvalue weighted by molar-refractivity contribution is 9.10. The fraction of sp³-hybridized carbons (Fsp3) is 0.250. The van der Waals surface area contributed by atoms with Gasteiger partial charge in [0.2, 0.25) is 0 Å². The lowest BCUT2D eigenvalue weighted by Crippen LogP contribution is -2.29. The number of aryl methyl sites for hydroxylation is 1. The molecule has 0 bridgehead atoms. The number of rotatable bonds is 4. The first-order valence-electron chi connectivity index (χ1n) is 6.41. The van der Waals surface area contributed by atoms with Crippen LogP contribution in [0.25, 0.3) is 0 Å². The van der Waals surface area contributed by atoms with Gasteiger partial charge in [0.15, 0.2) is 0 Å². The van der Waals surface area contributed by atoms with Crippen molar-refractivity contribution in [1.82, 2.24) is 0 Å². The zero-order valence-corrected chi connectivity index (χ0v) is 13.8. The molecule has 4 heteroatoms. The number of benzene rings is 2. The predicted octanol–water partition coefficient (Wildman–Crippen LogP) is 4.88. The molecule has 0 amide bonds. The van der Waals surface area contributed by atoms with Gasteiger partial charge >= 0.3 is 0 Å². The van der Waals surface area contributed by atoms with Crippen LogP contribution in [0.4, 0.5) is 0 Å². The van der Waals surface area contributed by atoms with Gasteiger partial charge in [-0.1, -0.05) is 57.4 Å². The zero-order chi connectivity index (χ0) is 14.7. The van der Waals surface area contributed by atoms with Crippen LogP contribution in [-0.4, -0.2) is 6.04 Å². The van der Waals surface area contributed by atoms with E-state index >= 15 is 0 Å². The summed E-state index contributed by atoms with van der Waals surface area (Å²) in [6, 6.07) is 13.5. The first-order chi connectivity index (χ1) is 9.47. The Morgan fingerprint density at radius 2 is 1.95 bits per heavy atom. The van der Waals surface area contributed by atoms with Gasteiger partial charge in [0.25, 0.3) is 0 Å². The van der Waals surface area contributed by atoms with Gasteiger partial charge in [-0.25, -0.2) is 0 Å². The lowest BCUT2D eigenvalue weighted by Gasteiger charge is -2.24. The average molecular weight is 355 g/mol. The predicted molar refractivity (Wildman–Crippen MR) is 87.3 cm³/mol. The molecule has 106 valence electrons. The van der Waals surface area contributed by atoms with Crippen LogP contribution in [0, 0.1) is 6.92 Å².